The Labute approximate surface area is 153 Å². The topological polar surface area (TPSA) is 93.5 Å². The van der Waals surface area contributed by atoms with Crippen molar-refractivity contribution in [1.29, 1.82) is 0 Å². The van der Waals surface area contributed by atoms with Crippen LogP contribution in [-0.2, 0) is 4.79 Å². The molecule has 3 rings (SSSR count). The summed E-state index contributed by atoms with van der Waals surface area (Å²) in [4.78, 5) is 41.5. The lowest BCUT2D eigenvalue weighted by atomic mass is 10.2. The highest BCUT2D eigenvalue weighted by Gasteiger charge is 2.34. The van der Waals surface area contributed by atoms with E-state index in [-0.39, 0.29) is 30.3 Å². The van der Waals surface area contributed by atoms with Gasteiger partial charge >= 0.3 is 6.03 Å². The van der Waals surface area contributed by atoms with Crippen molar-refractivity contribution in [2.75, 3.05) is 20.2 Å². The van der Waals surface area contributed by atoms with Crippen LogP contribution in [0.25, 0.3) is 6.08 Å². The number of aromatic nitrogens is 2. The summed E-state index contributed by atoms with van der Waals surface area (Å²) in [5, 5.41) is 2.27. The van der Waals surface area contributed by atoms with E-state index >= 15 is 0 Å². The first-order chi connectivity index (χ1) is 12.6. The Hall–Kier alpha value is -3.07. The molecular weight excluding hydrogens is 356 g/mol. The van der Waals surface area contributed by atoms with Crippen molar-refractivity contribution in [3.63, 3.8) is 0 Å². The Balaban J connectivity index is 1.59. The number of imidazole rings is 1. The van der Waals surface area contributed by atoms with Crippen molar-refractivity contribution in [2.45, 2.75) is 0 Å². The van der Waals surface area contributed by atoms with Crippen molar-refractivity contribution >= 4 is 35.0 Å². The predicted molar refractivity (Wildman–Crippen MR) is 96.7 cm³/mol. The lowest BCUT2D eigenvalue weighted by Crippen LogP contribution is -2.38. The van der Waals surface area contributed by atoms with Crippen molar-refractivity contribution in [3.05, 3.63) is 53.5 Å². The third-order valence-electron chi connectivity index (χ3n) is 3.64. The summed E-state index contributed by atoms with van der Waals surface area (Å²) in [7, 11) is 1.58. The van der Waals surface area contributed by atoms with E-state index in [1.54, 1.807) is 37.5 Å². The molecule has 9 heteroatoms. The van der Waals surface area contributed by atoms with Gasteiger partial charge in [0.1, 0.15) is 12.1 Å². The third kappa shape index (κ3) is 3.94. The Morgan fingerprint density at radius 3 is 2.73 bits per heavy atom. The number of rotatable bonds is 5. The number of benzene rings is 1. The predicted octanol–water partition coefficient (Wildman–Crippen LogP) is 2.19. The van der Waals surface area contributed by atoms with E-state index in [1.165, 1.54) is 23.3 Å². The molecule has 0 radical (unpaired) electrons. The second-order valence-electron chi connectivity index (χ2n) is 5.31. The molecule has 0 unspecified atom stereocenters. The number of imide groups is 1. The van der Waals surface area contributed by atoms with Gasteiger partial charge in [-0.2, -0.15) is 0 Å². The minimum Gasteiger partial charge on any atom is -0.497 e. The Morgan fingerprint density at radius 1 is 1.31 bits per heavy atom. The highest BCUT2D eigenvalue weighted by atomic mass is 32.2. The van der Waals surface area contributed by atoms with Gasteiger partial charge in [-0.3, -0.25) is 19.1 Å². The Bertz CT molecular complexity index is 846. The summed E-state index contributed by atoms with van der Waals surface area (Å²) in [5.74, 6) is 0.344. The van der Waals surface area contributed by atoms with Crippen LogP contribution in [0.2, 0.25) is 0 Å². The molecule has 3 amide bonds. The number of carbonyl (C=O) groups is 3. The van der Waals surface area contributed by atoms with E-state index in [2.05, 4.69) is 10.3 Å². The lowest BCUT2D eigenvalue weighted by molar-refractivity contribution is -0.122. The second kappa shape index (κ2) is 7.87. The molecular formula is C17H16N4O4S. The number of hydrogen-bond donors (Lipinski definition) is 1. The molecule has 1 aromatic heterocycles. The third-order valence-corrected chi connectivity index (χ3v) is 4.55. The summed E-state index contributed by atoms with van der Waals surface area (Å²) < 4.78 is 6.36. The average molecular weight is 372 g/mol. The Morgan fingerprint density at radius 2 is 2.08 bits per heavy atom. The zero-order valence-electron chi connectivity index (χ0n) is 13.9. The lowest BCUT2D eigenvalue weighted by Gasteiger charge is -2.12. The van der Waals surface area contributed by atoms with E-state index in [0.29, 0.717) is 10.7 Å². The first-order valence-corrected chi connectivity index (χ1v) is 8.55. The first-order valence-electron chi connectivity index (χ1n) is 7.74. The van der Waals surface area contributed by atoms with Gasteiger partial charge in [-0.25, -0.2) is 9.78 Å². The van der Waals surface area contributed by atoms with Gasteiger partial charge in [0, 0.05) is 25.5 Å². The minimum absolute atomic E-state index is 0.102. The van der Waals surface area contributed by atoms with Gasteiger partial charge < -0.3 is 10.1 Å². The smallest absolute Gasteiger partial charge is 0.326 e. The van der Waals surface area contributed by atoms with Crippen LogP contribution in [0.1, 0.15) is 5.56 Å². The number of thioether (sulfide) groups is 1. The van der Waals surface area contributed by atoms with Gasteiger partial charge in [0.25, 0.3) is 11.1 Å². The van der Waals surface area contributed by atoms with Gasteiger partial charge in [-0.05, 0) is 35.5 Å². The number of hydrogen-bond acceptors (Lipinski definition) is 6. The number of nitrogens with one attached hydrogen (secondary N) is 1. The minimum atomic E-state index is -0.372. The maximum atomic E-state index is 12.4. The molecule has 0 aliphatic carbocycles. The van der Waals surface area contributed by atoms with Crippen LogP contribution in [0.3, 0.4) is 0 Å². The van der Waals surface area contributed by atoms with Crippen LogP contribution in [-0.4, -0.2) is 51.8 Å². The maximum absolute atomic E-state index is 12.4. The SMILES string of the molecule is COc1ccc(/C=C2\SC(=O)N(CCNC(=O)n3ccnc3)C2=O)cc1. The highest BCUT2D eigenvalue weighted by molar-refractivity contribution is 8.18. The molecule has 0 saturated carbocycles. The summed E-state index contributed by atoms with van der Waals surface area (Å²) in [6.07, 6.45) is 6.02. The van der Waals surface area contributed by atoms with E-state index < -0.39 is 0 Å². The fourth-order valence-electron chi connectivity index (χ4n) is 2.29. The van der Waals surface area contributed by atoms with E-state index in [4.69, 9.17) is 4.74 Å². The van der Waals surface area contributed by atoms with E-state index in [1.807, 2.05) is 0 Å². The number of nitrogens with zero attached hydrogens (tertiary/aromatic N) is 3. The van der Waals surface area contributed by atoms with E-state index in [0.717, 1.165) is 22.2 Å². The molecule has 1 fully saturated rings. The van der Waals surface area contributed by atoms with E-state index in [9.17, 15) is 14.4 Å². The fraction of sp³-hybridized carbons (Fsp3) is 0.176. The molecule has 2 heterocycles. The average Bonchev–Trinajstić information content (AvgIpc) is 3.27. The van der Waals surface area contributed by atoms with Gasteiger partial charge in [0.05, 0.1) is 12.0 Å². The van der Waals surface area contributed by atoms with Crippen LogP contribution < -0.4 is 10.1 Å². The largest absolute Gasteiger partial charge is 0.497 e. The highest BCUT2D eigenvalue weighted by Crippen LogP contribution is 2.32. The summed E-state index contributed by atoms with van der Waals surface area (Å²) in [6, 6.07) is 6.79. The zero-order valence-corrected chi connectivity index (χ0v) is 14.7. The summed E-state index contributed by atoms with van der Waals surface area (Å²) in [5.41, 5.74) is 0.796. The van der Waals surface area contributed by atoms with Crippen LogP contribution in [0.5, 0.6) is 5.75 Å². The van der Waals surface area contributed by atoms with Crippen molar-refractivity contribution < 1.29 is 19.1 Å². The van der Waals surface area contributed by atoms with Crippen LogP contribution >= 0.6 is 11.8 Å². The molecule has 2 aromatic rings. The molecule has 0 atom stereocenters. The van der Waals surface area contributed by atoms with Crippen molar-refractivity contribution in [2.24, 2.45) is 0 Å². The number of carbonyl (C=O) groups excluding carboxylic acids is 3. The second-order valence-corrected chi connectivity index (χ2v) is 6.30. The molecule has 26 heavy (non-hydrogen) atoms. The number of methoxy groups -OCH3 is 1. The first kappa shape index (κ1) is 17.7. The Kier molecular flexibility index (Phi) is 5.37. The molecule has 1 aliphatic rings. The molecule has 1 saturated heterocycles. The van der Waals surface area contributed by atoms with Gasteiger partial charge in [-0.15, -0.1) is 0 Å². The summed E-state index contributed by atoms with van der Waals surface area (Å²) in [6.45, 7) is 0.260. The molecule has 1 N–H and O–H groups in total. The fourth-order valence-corrected chi connectivity index (χ4v) is 3.15. The molecule has 1 aliphatic heterocycles. The van der Waals surface area contributed by atoms with Crippen LogP contribution in [0, 0.1) is 0 Å². The molecule has 1 aromatic carbocycles. The maximum Gasteiger partial charge on any atom is 0.326 e. The van der Waals surface area contributed by atoms with Crippen LogP contribution in [0.4, 0.5) is 9.59 Å². The molecule has 0 spiro atoms. The monoisotopic (exact) mass is 372 g/mol. The normalized spacial score (nSPS) is 15.6. The van der Waals surface area contributed by atoms with Crippen molar-refractivity contribution in [3.8, 4) is 5.75 Å². The van der Waals surface area contributed by atoms with Gasteiger partial charge in [0.15, 0.2) is 0 Å². The van der Waals surface area contributed by atoms with Gasteiger partial charge in [-0.1, -0.05) is 12.1 Å². The van der Waals surface area contributed by atoms with Crippen LogP contribution in [0.15, 0.2) is 47.9 Å². The molecule has 0 bridgehead atoms. The van der Waals surface area contributed by atoms with Gasteiger partial charge in [0.2, 0.25) is 0 Å². The quantitative estimate of drug-likeness (QED) is 0.809. The molecule has 134 valence electrons. The standard InChI is InChI=1S/C17H16N4O4S/c1-25-13-4-2-12(3-5-13)10-14-15(22)21(17(24)26-14)9-7-19-16(23)20-8-6-18-11-20/h2-6,8,10-11H,7,9H2,1H3,(H,19,23)/b14-10-. The summed E-state index contributed by atoms with van der Waals surface area (Å²) >= 11 is 0.883. The van der Waals surface area contributed by atoms with Crippen molar-refractivity contribution in [1.82, 2.24) is 19.8 Å². The zero-order chi connectivity index (χ0) is 18.5. The molecule has 8 nitrogen and oxygen atoms in total. The number of amides is 3. The number of ether oxygens (including phenoxy) is 1.